The van der Waals surface area contributed by atoms with E-state index in [1.807, 2.05) is 65.8 Å². The molecule has 1 N–H and O–H groups in total. The quantitative estimate of drug-likeness (QED) is 0.530. The van der Waals surface area contributed by atoms with E-state index < -0.39 is 0 Å². The Morgan fingerprint density at radius 2 is 1.59 bits per heavy atom. The molecule has 0 radical (unpaired) electrons. The average molecular weight is 430 g/mol. The minimum Gasteiger partial charge on any atom is -0.324 e. The van der Waals surface area contributed by atoms with Crippen LogP contribution in [0, 0.1) is 41.5 Å². The van der Waals surface area contributed by atoms with Crippen molar-refractivity contribution in [2.75, 3.05) is 5.32 Å². The summed E-state index contributed by atoms with van der Waals surface area (Å²) < 4.78 is 2.86. The van der Waals surface area contributed by atoms with Crippen LogP contribution in [0.25, 0.3) is 16.6 Å². The number of hydrogen-bond acceptors (Lipinski definition) is 4. The molecule has 2 aromatic carbocycles. The molecule has 7 heteroatoms. The fourth-order valence-electron chi connectivity index (χ4n) is 4.25. The van der Waals surface area contributed by atoms with Gasteiger partial charge in [-0.1, -0.05) is 35.4 Å². The lowest BCUT2D eigenvalue weighted by Crippen LogP contribution is -2.31. The van der Waals surface area contributed by atoms with Crippen molar-refractivity contribution in [3.05, 3.63) is 80.4 Å². The van der Waals surface area contributed by atoms with E-state index >= 15 is 0 Å². The first-order chi connectivity index (χ1) is 15.2. The topological polar surface area (TPSA) is 81.8 Å². The van der Waals surface area contributed by atoms with Crippen molar-refractivity contribution in [3.8, 4) is 5.69 Å². The molecule has 4 aromatic rings. The summed E-state index contributed by atoms with van der Waals surface area (Å²) in [7, 11) is 0. The van der Waals surface area contributed by atoms with Crippen molar-refractivity contribution in [1.82, 2.24) is 19.6 Å². The van der Waals surface area contributed by atoms with E-state index in [1.165, 1.54) is 4.68 Å². The molecule has 0 aliphatic heterocycles. The number of fused-ring (bicyclic) bond motifs is 1. The van der Waals surface area contributed by atoms with Gasteiger partial charge in [0, 0.05) is 11.1 Å². The van der Waals surface area contributed by atoms with E-state index in [2.05, 4.69) is 21.6 Å². The molecule has 2 aromatic heterocycles. The minimum absolute atomic E-state index is 0.180. The van der Waals surface area contributed by atoms with E-state index in [4.69, 9.17) is 0 Å². The van der Waals surface area contributed by atoms with Crippen LogP contribution in [0.3, 0.4) is 0 Å². The third-order valence-corrected chi connectivity index (χ3v) is 5.68. The minimum atomic E-state index is -0.351. The molecule has 0 spiro atoms. The predicted molar refractivity (Wildman–Crippen MR) is 127 cm³/mol. The molecule has 0 saturated heterocycles. The summed E-state index contributed by atoms with van der Waals surface area (Å²) in [6.07, 6.45) is 1.65. The molecular weight excluding hydrogens is 402 g/mol. The normalized spacial score (nSPS) is 11.2. The Labute approximate surface area is 186 Å². The summed E-state index contributed by atoms with van der Waals surface area (Å²) in [4.78, 5) is 26.2. The smallest absolute Gasteiger partial charge is 0.293 e. The number of amides is 1. The summed E-state index contributed by atoms with van der Waals surface area (Å²) in [5.41, 5.74) is 7.56. The Hall–Kier alpha value is -3.74. The van der Waals surface area contributed by atoms with Crippen LogP contribution in [0.1, 0.15) is 33.5 Å². The van der Waals surface area contributed by atoms with Gasteiger partial charge in [-0.05, 0) is 64.3 Å². The second-order valence-corrected chi connectivity index (χ2v) is 8.48. The lowest BCUT2D eigenvalue weighted by atomic mass is 10.1. The molecule has 0 atom stereocenters. The maximum absolute atomic E-state index is 13.3. The van der Waals surface area contributed by atoms with Gasteiger partial charge in [0.25, 0.3) is 5.56 Å². The first kappa shape index (κ1) is 21.5. The zero-order chi connectivity index (χ0) is 23.2. The molecular formula is C25H27N5O2. The van der Waals surface area contributed by atoms with Gasteiger partial charge in [-0.2, -0.15) is 10.2 Å². The van der Waals surface area contributed by atoms with E-state index in [0.29, 0.717) is 16.6 Å². The Bertz CT molecular complexity index is 1410. The van der Waals surface area contributed by atoms with Gasteiger partial charge in [-0.15, -0.1) is 0 Å². The number of nitrogens with zero attached hydrogens (tertiary/aromatic N) is 4. The highest BCUT2D eigenvalue weighted by atomic mass is 16.2. The van der Waals surface area contributed by atoms with Crippen molar-refractivity contribution in [2.45, 2.75) is 48.1 Å². The SMILES string of the molecule is Cc1ccc(-n2ncc3c(C)nn(CC(=O)Nc4c(C)cc(C)cc4C)c(=O)c32)c(C)c1. The first-order valence-electron chi connectivity index (χ1n) is 10.6. The van der Waals surface area contributed by atoms with Crippen LogP contribution in [0.4, 0.5) is 5.69 Å². The summed E-state index contributed by atoms with van der Waals surface area (Å²) >= 11 is 0. The molecule has 4 rings (SSSR count). The third-order valence-electron chi connectivity index (χ3n) is 5.68. The maximum Gasteiger partial charge on any atom is 0.293 e. The fourth-order valence-corrected chi connectivity index (χ4v) is 4.25. The summed E-state index contributed by atoms with van der Waals surface area (Å²) in [6.45, 7) is 11.6. The van der Waals surface area contributed by atoms with Crippen LogP contribution >= 0.6 is 0 Å². The number of rotatable bonds is 4. The van der Waals surface area contributed by atoms with Gasteiger partial charge in [0.15, 0.2) is 0 Å². The van der Waals surface area contributed by atoms with Crippen LogP contribution in [-0.4, -0.2) is 25.5 Å². The van der Waals surface area contributed by atoms with Gasteiger partial charge in [-0.3, -0.25) is 9.59 Å². The van der Waals surface area contributed by atoms with Crippen molar-refractivity contribution in [2.24, 2.45) is 0 Å². The Balaban J connectivity index is 1.74. The average Bonchev–Trinajstić information content (AvgIpc) is 3.14. The zero-order valence-electron chi connectivity index (χ0n) is 19.3. The van der Waals surface area contributed by atoms with Crippen LogP contribution in [0.2, 0.25) is 0 Å². The number of aryl methyl sites for hydroxylation is 6. The van der Waals surface area contributed by atoms with Crippen molar-refractivity contribution < 1.29 is 4.79 Å². The van der Waals surface area contributed by atoms with Crippen LogP contribution in [-0.2, 0) is 11.3 Å². The zero-order valence-corrected chi connectivity index (χ0v) is 19.3. The molecule has 2 heterocycles. The number of nitrogens with one attached hydrogen (secondary N) is 1. The number of anilines is 1. The van der Waals surface area contributed by atoms with Gasteiger partial charge < -0.3 is 5.32 Å². The molecule has 1 amide bonds. The summed E-state index contributed by atoms with van der Waals surface area (Å²) in [6, 6.07) is 10.0. The monoisotopic (exact) mass is 429 g/mol. The number of carbonyl (C=O) groups is 1. The highest BCUT2D eigenvalue weighted by Gasteiger charge is 2.18. The van der Waals surface area contributed by atoms with Gasteiger partial charge in [0.1, 0.15) is 12.1 Å². The highest BCUT2D eigenvalue weighted by Crippen LogP contribution is 2.23. The van der Waals surface area contributed by atoms with Crippen LogP contribution in [0.5, 0.6) is 0 Å². The van der Waals surface area contributed by atoms with Gasteiger partial charge in [0.2, 0.25) is 5.91 Å². The molecule has 32 heavy (non-hydrogen) atoms. The van der Waals surface area contributed by atoms with E-state index in [0.717, 1.165) is 39.2 Å². The van der Waals surface area contributed by atoms with Crippen molar-refractivity contribution in [3.63, 3.8) is 0 Å². The number of hydrogen-bond donors (Lipinski definition) is 1. The fraction of sp³-hybridized carbons (Fsp3) is 0.280. The molecule has 0 saturated carbocycles. The van der Waals surface area contributed by atoms with Gasteiger partial charge in [-0.25, -0.2) is 9.36 Å². The standard InChI is InChI=1S/C25H27N5O2/c1-14-7-8-21(16(3)9-14)30-24-20(12-26-30)19(6)28-29(25(24)32)13-22(31)27-23-17(4)10-15(2)11-18(23)5/h7-12H,13H2,1-6H3,(H,27,31). The number of benzene rings is 2. The lowest BCUT2D eigenvalue weighted by molar-refractivity contribution is -0.117. The van der Waals surface area contributed by atoms with E-state index in [-0.39, 0.29) is 18.0 Å². The number of carbonyl (C=O) groups excluding carboxylic acids is 1. The Kier molecular flexibility index (Phi) is 5.42. The third kappa shape index (κ3) is 3.82. The highest BCUT2D eigenvalue weighted by molar-refractivity contribution is 5.92. The molecule has 0 bridgehead atoms. The molecule has 164 valence electrons. The van der Waals surface area contributed by atoms with Crippen LogP contribution < -0.4 is 10.9 Å². The molecule has 0 fully saturated rings. The molecule has 0 unspecified atom stereocenters. The number of aromatic nitrogens is 4. The van der Waals surface area contributed by atoms with Gasteiger partial charge >= 0.3 is 0 Å². The summed E-state index contributed by atoms with van der Waals surface area (Å²) in [5, 5.41) is 12.5. The molecule has 7 nitrogen and oxygen atoms in total. The Morgan fingerprint density at radius 1 is 0.938 bits per heavy atom. The van der Waals surface area contributed by atoms with E-state index in [1.54, 1.807) is 10.9 Å². The second kappa shape index (κ2) is 8.07. The van der Waals surface area contributed by atoms with Gasteiger partial charge in [0.05, 0.1) is 17.6 Å². The largest absolute Gasteiger partial charge is 0.324 e. The lowest BCUT2D eigenvalue weighted by Gasteiger charge is -2.14. The second-order valence-electron chi connectivity index (χ2n) is 8.48. The Morgan fingerprint density at radius 3 is 2.25 bits per heavy atom. The van der Waals surface area contributed by atoms with Crippen LogP contribution in [0.15, 0.2) is 41.3 Å². The molecule has 0 aliphatic carbocycles. The molecule has 0 aliphatic rings. The van der Waals surface area contributed by atoms with E-state index in [9.17, 15) is 9.59 Å². The van der Waals surface area contributed by atoms with Crippen molar-refractivity contribution in [1.29, 1.82) is 0 Å². The van der Waals surface area contributed by atoms with Crippen molar-refractivity contribution >= 4 is 22.5 Å². The first-order valence-corrected chi connectivity index (χ1v) is 10.6. The maximum atomic E-state index is 13.3. The predicted octanol–water partition coefficient (Wildman–Crippen LogP) is 4.07. The summed E-state index contributed by atoms with van der Waals surface area (Å²) in [5.74, 6) is -0.300.